The molecule has 0 spiro atoms. The first kappa shape index (κ1) is 13.8. The van der Waals surface area contributed by atoms with E-state index in [4.69, 9.17) is 5.73 Å². The molecule has 0 radical (unpaired) electrons. The maximum absolute atomic E-state index is 5.52. The summed E-state index contributed by atoms with van der Waals surface area (Å²) in [5, 5.41) is 0. The van der Waals surface area contributed by atoms with Gasteiger partial charge in [0.15, 0.2) is 0 Å². The number of halogens is 1. The van der Waals surface area contributed by atoms with Gasteiger partial charge >= 0.3 is 0 Å². The molecule has 0 amide bonds. The predicted octanol–water partition coefficient (Wildman–Crippen LogP) is 2.31. The van der Waals surface area contributed by atoms with Crippen LogP contribution in [-0.4, -0.2) is 44.2 Å². The molecule has 1 aliphatic rings. The first-order valence-electron chi connectivity index (χ1n) is 6.72. The molecule has 1 fully saturated rings. The molecule has 100 valence electrons. The molecule has 0 bridgehead atoms. The summed E-state index contributed by atoms with van der Waals surface area (Å²) in [5.74, 6) is 0. The van der Waals surface area contributed by atoms with Gasteiger partial charge in [-0.05, 0) is 50.2 Å². The van der Waals surface area contributed by atoms with Crippen LogP contribution in [0.15, 0.2) is 28.7 Å². The van der Waals surface area contributed by atoms with E-state index in [1.54, 1.807) is 0 Å². The summed E-state index contributed by atoms with van der Waals surface area (Å²) in [6, 6.07) is 8.61. The number of piperazine rings is 1. The van der Waals surface area contributed by atoms with E-state index in [0.29, 0.717) is 0 Å². The standard InChI is InChI=1S/C14H22BrN3/c15-13-3-5-14(6-4-13)18-11-9-17(10-12-18)8-2-1-7-16/h3-6H,1-2,7-12,16H2. The second-order valence-corrected chi connectivity index (χ2v) is 5.72. The van der Waals surface area contributed by atoms with Crippen molar-refractivity contribution in [1.82, 2.24) is 4.90 Å². The summed E-state index contributed by atoms with van der Waals surface area (Å²) < 4.78 is 1.15. The van der Waals surface area contributed by atoms with Gasteiger partial charge in [-0.15, -0.1) is 0 Å². The van der Waals surface area contributed by atoms with E-state index in [1.165, 1.54) is 31.7 Å². The summed E-state index contributed by atoms with van der Waals surface area (Å²) in [4.78, 5) is 5.01. The van der Waals surface area contributed by atoms with Crippen LogP contribution in [0.25, 0.3) is 0 Å². The molecular weight excluding hydrogens is 290 g/mol. The third kappa shape index (κ3) is 3.97. The fourth-order valence-corrected chi connectivity index (χ4v) is 2.63. The quantitative estimate of drug-likeness (QED) is 0.847. The van der Waals surface area contributed by atoms with Crippen LogP contribution in [-0.2, 0) is 0 Å². The summed E-state index contributed by atoms with van der Waals surface area (Å²) in [6.07, 6.45) is 2.38. The molecule has 3 nitrogen and oxygen atoms in total. The van der Waals surface area contributed by atoms with Crippen molar-refractivity contribution >= 4 is 21.6 Å². The minimum atomic E-state index is 0.818. The predicted molar refractivity (Wildman–Crippen MR) is 81.1 cm³/mol. The van der Waals surface area contributed by atoms with Crippen LogP contribution in [0.1, 0.15) is 12.8 Å². The lowest BCUT2D eigenvalue weighted by Gasteiger charge is -2.36. The lowest BCUT2D eigenvalue weighted by molar-refractivity contribution is 0.253. The summed E-state index contributed by atoms with van der Waals surface area (Å²) in [5.41, 5.74) is 6.86. The average Bonchev–Trinajstić information content (AvgIpc) is 2.41. The number of benzene rings is 1. The number of nitrogens with zero attached hydrogens (tertiary/aromatic N) is 2. The van der Waals surface area contributed by atoms with Crippen molar-refractivity contribution in [2.24, 2.45) is 5.73 Å². The summed E-state index contributed by atoms with van der Waals surface area (Å²) >= 11 is 3.48. The lowest BCUT2D eigenvalue weighted by Crippen LogP contribution is -2.46. The fourth-order valence-electron chi connectivity index (χ4n) is 2.36. The van der Waals surface area contributed by atoms with Crippen LogP contribution in [0.5, 0.6) is 0 Å². The minimum Gasteiger partial charge on any atom is -0.369 e. The van der Waals surface area contributed by atoms with E-state index in [1.807, 2.05) is 0 Å². The molecule has 1 aromatic rings. The normalized spacial score (nSPS) is 17.1. The first-order valence-corrected chi connectivity index (χ1v) is 7.52. The van der Waals surface area contributed by atoms with Gasteiger partial charge < -0.3 is 10.6 Å². The van der Waals surface area contributed by atoms with Crippen molar-refractivity contribution in [3.05, 3.63) is 28.7 Å². The number of unbranched alkanes of at least 4 members (excludes halogenated alkanes) is 1. The van der Waals surface area contributed by atoms with E-state index in [-0.39, 0.29) is 0 Å². The Kier molecular flexibility index (Phi) is 5.47. The van der Waals surface area contributed by atoms with Crippen LogP contribution < -0.4 is 10.6 Å². The van der Waals surface area contributed by atoms with Gasteiger partial charge in [-0.3, -0.25) is 4.90 Å². The number of nitrogens with two attached hydrogens (primary N) is 1. The zero-order valence-corrected chi connectivity index (χ0v) is 12.4. The number of rotatable bonds is 5. The van der Waals surface area contributed by atoms with Crippen LogP contribution in [0, 0.1) is 0 Å². The van der Waals surface area contributed by atoms with Crippen molar-refractivity contribution in [3.8, 4) is 0 Å². The Morgan fingerprint density at radius 2 is 1.67 bits per heavy atom. The molecular formula is C14H22BrN3. The largest absolute Gasteiger partial charge is 0.369 e. The molecule has 0 atom stereocenters. The Morgan fingerprint density at radius 1 is 1.00 bits per heavy atom. The zero-order valence-electron chi connectivity index (χ0n) is 10.8. The second-order valence-electron chi connectivity index (χ2n) is 4.80. The number of hydrogen-bond donors (Lipinski definition) is 1. The van der Waals surface area contributed by atoms with Crippen LogP contribution in [0.4, 0.5) is 5.69 Å². The van der Waals surface area contributed by atoms with E-state index < -0.39 is 0 Å². The zero-order chi connectivity index (χ0) is 12.8. The Labute approximate surface area is 118 Å². The highest BCUT2D eigenvalue weighted by Crippen LogP contribution is 2.19. The van der Waals surface area contributed by atoms with Crippen molar-refractivity contribution in [2.45, 2.75) is 12.8 Å². The van der Waals surface area contributed by atoms with E-state index in [2.05, 4.69) is 50.0 Å². The van der Waals surface area contributed by atoms with Crippen LogP contribution in [0.3, 0.4) is 0 Å². The maximum Gasteiger partial charge on any atom is 0.0367 e. The molecule has 1 aliphatic heterocycles. The Hall–Kier alpha value is -0.580. The first-order chi connectivity index (χ1) is 8.79. The molecule has 0 aromatic heterocycles. The van der Waals surface area contributed by atoms with E-state index in [0.717, 1.165) is 30.5 Å². The van der Waals surface area contributed by atoms with Crippen molar-refractivity contribution in [1.29, 1.82) is 0 Å². The van der Waals surface area contributed by atoms with Crippen LogP contribution in [0.2, 0.25) is 0 Å². The van der Waals surface area contributed by atoms with Gasteiger partial charge in [0.25, 0.3) is 0 Å². The van der Waals surface area contributed by atoms with Gasteiger partial charge in [0.2, 0.25) is 0 Å². The number of anilines is 1. The van der Waals surface area contributed by atoms with Gasteiger partial charge in [-0.2, -0.15) is 0 Å². The molecule has 1 heterocycles. The van der Waals surface area contributed by atoms with Crippen molar-refractivity contribution < 1.29 is 0 Å². The van der Waals surface area contributed by atoms with E-state index >= 15 is 0 Å². The Bertz CT molecular complexity index is 345. The Balaban J connectivity index is 1.77. The Morgan fingerprint density at radius 3 is 2.28 bits per heavy atom. The van der Waals surface area contributed by atoms with Gasteiger partial charge in [-0.1, -0.05) is 15.9 Å². The van der Waals surface area contributed by atoms with Gasteiger partial charge in [0.05, 0.1) is 0 Å². The number of hydrogen-bond acceptors (Lipinski definition) is 3. The third-order valence-electron chi connectivity index (χ3n) is 3.49. The van der Waals surface area contributed by atoms with Gasteiger partial charge in [0, 0.05) is 36.3 Å². The summed E-state index contributed by atoms with van der Waals surface area (Å²) in [7, 11) is 0. The van der Waals surface area contributed by atoms with Crippen molar-refractivity contribution in [2.75, 3.05) is 44.2 Å². The van der Waals surface area contributed by atoms with E-state index in [9.17, 15) is 0 Å². The second kappa shape index (κ2) is 7.12. The fraction of sp³-hybridized carbons (Fsp3) is 0.571. The molecule has 0 unspecified atom stereocenters. The maximum atomic E-state index is 5.52. The average molecular weight is 312 g/mol. The van der Waals surface area contributed by atoms with Crippen LogP contribution >= 0.6 is 15.9 Å². The topological polar surface area (TPSA) is 32.5 Å². The molecule has 1 saturated heterocycles. The highest BCUT2D eigenvalue weighted by Gasteiger charge is 2.16. The molecule has 4 heteroatoms. The highest BCUT2D eigenvalue weighted by atomic mass is 79.9. The molecule has 18 heavy (non-hydrogen) atoms. The lowest BCUT2D eigenvalue weighted by atomic mass is 10.2. The summed E-state index contributed by atoms with van der Waals surface area (Å²) in [6.45, 7) is 6.61. The van der Waals surface area contributed by atoms with Crippen molar-refractivity contribution in [3.63, 3.8) is 0 Å². The highest BCUT2D eigenvalue weighted by molar-refractivity contribution is 9.10. The SMILES string of the molecule is NCCCCN1CCN(c2ccc(Br)cc2)CC1. The smallest absolute Gasteiger partial charge is 0.0367 e. The molecule has 0 aliphatic carbocycles. The third-order valence-corrected chi connectivity index (χ3v) is 4.02. The minimum absolute atomic E-state index is 0.818. The van der Waals surface area contributed by atoms with Gasteiger partial charge in [0.1, 0.15) is 0 Å². The molecule has 1 aromatic carbocycles. The molecule has 2 rings (SSSR count). The van der Waals surface area contributed by atoms with Gasteiger partial charge in [-0.25, -0.2) is 0 Å². The molecule has 2 N–H and O–H groups in total. The molecule has 0 saturated carbocycles. The monoisotopic (exact) mass is 311 g/mol.